The lowest BCUT2D eigenvalue weighted by molar-refractivity contribution is -0.145. The van der Waals surface area contributed by atoms with Crippen LogP contribution in [0, 0.1) is 0 Å². The molecule has 3 aromatic rings. The highest BCUT2D eigenvalue weighted by molar-refractivity contribution is 7.80. The van der Waals surface area contributed by atoms with Gasteiger partial charge in [0.05, 0.1) is 77.0 Å². The van der Waals surface area contributed by atoms with Crippen molar-refractivity contribution >= 4 is 106 Å². The van der Waals surface area contributed by atoms with Gasteiger partial charge in [0.15, 0.2) is 5.11 Å². The van der Waals surface area contributed by atoms with Crippen LogP contribution in [-0.2, 0) is 85.1 Å². The van der Waals surface area contributed by atoms with Crippen molar-refractivity contribution in [2.24, 2.45) is 0 Å². The number of hydrogen-bond acceptors (Lipinski definition) is 19. The van der Waals surface area contributed by atoms with E-state index < -0.39 is 137 Å². The van der Waals surface area contributed by atoms with E-state index in [1.807, 2.05) is 24.3 Å². The van der Waals surface area contributed by atoms with Crippen LogP contribution in [0.4, 0.5) is 5.69 Å². The zero-order chi connectivity index (χ0) is 65.5. The van der Waals surface area contributed by atoms with Gasteiger partial charge in [-0.25, -0.2) is 0 Å². The van der Waals surface area contributed by atoms with E-state index in [-0.39, 0.29) is 76.2 Å². The number of thiocarbonyl (C=S) groups is 2. The molecule has 0 heterocycles. The van der Waals surface area contributed by atoms with Crippen LogP contribution in [-0.4, -0.2) is 280 Å². The molecular weight excluding hydrogens is 1200 g/mol. The van der Waals surface area contributed by atoms with Crippen LogP contribution < -0.4 is 21.3 Å². The van der Waals surface area contributed by atoms with Gasteiger partial charge in [0.1, 0.15) is 0 Å². The van der Waals surface area contributed by atoms with Gasteiger partial charge in [-0.2, -0.15) is 0 Å². The number of carbonyl (C=O) groups is 11. The summed E-state index contributed by atoms with van der Waals surface area (Å²) >= 11 is 11.0. The molecule has 0 unspecified atom stereocenters. The van der Waals surface area contributed by atoms with Crippen molar-refractivity contribution in [3.63, 3.8) is 0 Å². The standard InChI is InChI=1S/C55H72N10O21S2/c66-43(22-58-55(88)59-40-11-9-36(10-12-40)18-42(65(33-53(83)84)34-54(85)86)24-61(26-46(69)70)14-16-63(29-49(75)76)30-50(77)78)56-20-38-5-7-39(8-6-38)21-57-44(87)19-37-3-1-35(2-4-37)17-41(64(31-51(79)80)32-52(81)82)23-60(25-45(67)68)13-15-62(27-47(71)72)28-48(73)74/h1-12,41-42H,13-34H2,(H,56,66)(H,57,87)(H,67,68)(H,69,70)(H,71,72)(H,73,74)(H,75,76)(H,77,78)(H,79,80)(H,81,82)(H,83,84)(H,85,86)(H2,58,59,88)/t41-,42-/m0/s1. The van der Waals surface area contributed by atoms with E-state index in [2.05, 4.69) is 21.3 Å². The smallest absolute Gasteiger partial charge is 0.317 e. The Balaban J connectivity index is 1.55. The van der Waals surface area contributed by atoms with Crippen LogP contribution in [0.1, 0.15) is 27.8 Å². The largest absolute Gasteiger partial charge is 0.480 e. The van der Waals surface area contributed by atoms with Gasteiger partial charge in [-0.15, -0.1) is 0 Å². The first-order valence-corrected chi connectivity index (χ1v) is 27.7. The van der Waals surface area contributed by atoms with Gasteiger partial charge in [-0.1, -0.05) is 72.9 Å². The van der Waals surface area contributed by atoms with Crippen molar-refractivity contribution in [3.05, 3.63) is 101 Å². The molecule has 0 saturated heterocycles. The molecule has 3 rings (SSSR count). The second-order valence-corrected chi connectivity index (χ2v) is 21.1. The molecule has 14 N–H and O–H groups in total. The number of carboxylic acids is 10. The fourth-order valence-corrected chi connectivity index (χ4v) is 9.46. The monoisotopic (exact) mass is 1270 g/mol. The molecule has 33 heteroatoms. The molecule has 1 amide bonds. The maximum absolute atomic E-state index is 12.8. The minimum atomic E-state index is -1.35. The van der Waals surface area contributed by atoms with Crippen molar-refractivity contribution < 1.29 is 104 Å². The van der Waals surface area contributed by atoms with Crippen LogP contribution in [0.2, 0.25) is 0 Å². The number of nitrogens with one attached hydrogen (secondary N) is 4. The lowest BCUT2D eigenvalue weighted by atomic mass is 10.0. The predicted octanol–water partition coefficient (Wildman–Crippen LogP) is -1.57. The fraction of sp³-hybridized carbons (Fsp3) is 0.436. The highest BCUT2D eigenvalue weighted by Gasteiger charge is 2.30. The molecule has 3 aromatic carbocycles. The Morgan fingerprint density at radius 2 is 0.659 bits per heavy atom. The van der Waals surface area contributed by atoms with Crippen LogP contribution >= 0.6 is 24.4 Å². The number of carboxylic acid groups (broad SMARTS) is 10. The summed E-state index contributed by atoms with van der Waals surface area (Å²) in [5, 5.41) is 107. The molecule has 0 aliphatic carbocycles. The van der Waals surface area contributed by atoms with E-state index in [4.69, 9.17) is 24.4 Å². The zero-order valence-corrected chi connectivity index (χ0v) is 49.2. The lowest BCUT2D eigenvalue weighted by Crippen LogP contribution is -2.51. The molecule has 480 valence electrons. The summed E-state index contributed by atoms with van der Waals surface area (Å²) in [5.41, 5.74) is 4.18. The molecule has 0 bridgehead atoms. The highest BCUT2D eigenvalue weighted by atomic mass is 32.1. The average molecular weight is 1270 g/mol. The van der Waals surface area contributed by atoms with Crippen LogP contribution in [0.5, 0.6) is 0 Å². The maximum atomic E-state index is 12.8. The molecule has 0 fully saturated rings. The Kier molecular flexibility index (Phi) is 32.0. The molecule has 2 atom stereocenters. The third kappa shape index (κ3) is 32.1. The topological polar surface area (TPSA) is 458 Å². The van der Waals surface area contributed by atoms with Crippen molar-refractivity contribution in [3.8, 4) is 0 Å². The Hall–Kier alpha value is -8.83. The van der Waals surface area contributed by atoms with E-state index in [1.54, 1.807) is 48.5 Å². The minimum absolute atomic E-state index is 0.0278. The zero-order valence-electron chi connectivity index (χ0n) is 47.6. The number of hydrogen-bond donors (Lipinski definition) is 14. The molecule has 88 heavy (non-hydrogen) atoms. The van der Waals surface area contributed by atoms with Gasteiger partial charge < -0.3 is 72.3 Å². The highest BCUT2D eigenvalue weighted by Crippen LogP contribution is 2.17. The van der Waals surface area contributed by atoms with Gasteiger partial charge in [0.25, 0.3) is 0 Å². The molecule has 0 spiro atoms. The molecule has 0 aliphatic heterocycles. The van der Waals surface area contributed by atoms with E-state index in [1.165, 1.54) is 14.7 Å². The summed E-state index contributed by atoms with van der Waals surface area (Å²) < 4.78 is 0. The number of aliphatic carboxylic acids is 10. The second kappa shape index (κ2) is 38.4. The summed E-state index contributed by atoms with van der Waals surface area (Å²) in [6, 6.07) is 19.2. The number of amides is 1. The predicted molar refractivity (Wildman–Crippen MR) is 319 cm³/mol. The first-order chi connectivity index (χ1) is 41.5. The van der Waals surface area contributed by atoms with Crippen LogP contribution in [0.15, 0.2) is 72.8 Å². The number of anilines is 1. The molecule has 0 radical (unpaired) electrons. The molecule has 0 aliphatic rings. The molecule has 0 saturated carbocycles. The number of carbonyl (C=O) groups excluding carboxylic acids is 1. The van der Waals surface area contributed by atoms with Crippen molar-refractivity contribution in [1.82, 2.24) is 45.3 Å². The number of nitrogens with zero attached hydrogens (tertiary/aromatic N) is 6. The Morgan fingerprint density at radius 3 is 1.01 bits per heavy atom. The average Bonchev–Trinajstić information content (AvgIpc) is 3.49. The van der Waals surface area contributed by atoms with Gasteiger partial charge in [-0.3, -0.25) is 82.1 Å². The van der Waals surface area contributed by atoms with Gasteiger partial charge in [0, 0.05) is 76.5 Å². The lowest BCUT2D eigenvalue weighted by Gasteiger charge is -2.34. The van der Waals surface area contributed by atoms with Crippen molar-refractivity contribution in [2.45, 2.75) is 44.4 Å². The first kappa shape index (κ1) is 73.4. The minimum Gasteiger partial charge on any atom is -0.480 e. The summed E-state index contributed by atoms with van der Waals surface area (Å²) in [6.07, 6.45) is 0.436. The third-order valence-electron chi connectivity index (χ3n) is 12.9. The Morgan fingerprint density at radius 1 is 0.364 bits per heavy atom. The molecule has 0 aromatic heterocycles. The van der Waals surface area contributed by atoms with Crippen molar-refractivity contribution in [2.75, 3.05) is 117 Å². The fourth-order valence-electron chi connectivity index (χ4n) is 9.03. The SMILES string of the molecule is O=C(O)CN(CCN(CC(=O)O)C[C@H](Cc1ccc(CC(=S)NCc2ccc(CNC(=O)CNC(=S)Nc3ccc(C[C@@H](CN(CCN(CC(=O)O)CC(=O)O)CC(=O)O)N(CC(=O)O)CC(=O)O)cc3)cc2)cc1)N(CC(=O)O)CC(=O)O)CC(=O)O. The van der Waals surface area contributed by atoms with E-state index >= 15 is 0 Å². The quantitative estimate of drug-likeness (QED) is 0.0284. The van der Waals surface area contributed by atoms with Gasteiger partial charge in [-0.05, 0) is 65.0 Å². The van der Waals surface area contributed by atoms with Crippen LogP contribution in [0.25, 0.3) is 0 Å². The first-order valence-electron chi connectivity index (χ1n) is 26.9. The maximum Gasteiger partial charge on any atom is 0.317 e. The van der Waals surface area contributed by atoms with Crippen LogP contribution in [0.3, 0.4) is 0 Å². The summed E-state index contributed by atoms with van der Waals surface area (Å²) in [5.74, 6) is -13.5. The summed E-state index contributed by atoms with van der Waals surface area (Å²) in [4.78, 5) is 137. The molecular formula is C55H72N10O21S2. The van der Waals surface area contributed by atoms with E-state index in [0.717, 1.165) is 31.4 Å². The number of rotatable bonds is 45. The van der Waals surface area contributed by atoms with E-state index in [9.17, 15) is 104 Å². The summed E-state index contributed by atoms with van der Waals surface area (Å²) in [7, 11) is 0. The van der Waals surface area contributed by atoms with Gasteiger partial charge in [0.2, 0.25) is 5.91 Å². The van der Waals surface area contributed by atoms with Crippen molar-refractivity contribution in [1.29, 1.82) is 0 Å². The molecule has 31 nitrogen and oxygen atoms in total. The second-order valence-electron chi connectivity index (χ2n) is 20.2. The third-order valence-corrected chi connectivity index (χ3v) is 13.4. The van der Waals surface area contributed by atoms with E-state index in [0.29, 0.717) is 34.8 Å². The number of benzene rings is 3. The normalized spacial score (nSPS) is 11.9. The Labute approximate surface area is 514 Å². The Bertz CT molecular complexity index is 2840. The summed E-state index contributed by atoms with van der Waals surface area (Å²) in [6.45, 7) is -7.26. The van der Waals surface area contributed by atoms with Gasteiger partial charge >= 0.3 is 59.7 Å².